The van der Waals surface area contributed by atoms with Gasteiger partial charge in [-0.3, -0.25) is 0 Å². The third-order valence-electron chi connectivity index (χ3n) is 7.23. The zero-order valence-corrected chi connectivity index (χ0v) is 26.8. The summed E-state index contributed by atoms with van der Waals surface area (Å²) in [5, 5.41) is 1.26. The van der Waals surface area contributed by atoms with E-state index in [1.54, 1.807) is 7.11 Å². The third-order valence-corrected chi connectivity index (χ3v) is 7.23. The predicted molar refractivity (Wildman–Crippen MR) is 172 cm³/mol. The Kier molecular flexibility index (Phi) is 11.8. The highest BCUT2D eigenvalue weighted by atomic mass is 16.5. The lowest BCUT2D eigenvalue weighted by atomic mass is 9.90. The number of aryl methyl sites for hydroxylation is 1. The van der Waals surface area contributed by atoms with E-state index in [-0.39, 0.29) is 6.10 Å². The van der Waals surface area contributed by atoms with Crippen molar-refractivity contribution in [2.24, 2.45) is 23.7 Å². The smallest absolute Gasteiger partial charge is 0.0943 e. The second kappa shape index (κ2) is 14.8. The molecular formula is C37H53NO2. The molecule has 40 heavy (non-hydrogen) atoms. The third kappa shape index (κ3) is 9.20. The summed E-state index contributed by atoms with van der Waals surface area (Å²) < 4.78 is 12.5. The van der Waals surface area contributed by atoms with Crippen molar-refractivity contribution in [1.29, 1.82) is 0 Å². The van der Waals surface area contributed by atoms with Gasteiger partial charge in [0.25, 0.3) is 0 Å². The molecule has 0 saturated carbocycles. The quantitative estimate of drug-likeness (QED) is 0.190. The summed E-state index contributed by atoms with van der Waals surface area (Å²) in [6, 6.07) is 15.7. The molecule has 0 saturated heterocycles. The van der Waals surface area contributed by atoms with Crippen LogP contribution in [0.1, 0.15) is 90.5 Å². The van der Waals surface area contributed by atoms with E-state index in [1.807, 2.05) is 0 Å². The minimum Gasteiger partial charge on any atom is -0.501 e. The molecule has 3 rings (SSSR count). The topological polar surface area (TPSA) is 31.4 Å². The number of methoxy groups -OCH3 is 1. The number of rotatable bonds is 14. The highest BCUT2D eigenvalue weighted by Crippen LogP contribution is 2.32. The Morgan fingerprint density at radius 3 is 2.15 bits per heavy atom. The number of aromatic nitrogens is 1. The summed E-state index contributed by atoms with van der Waals surface area (Å²) in [4.78, 5) is 5.22. The van der Waals surface area contributed by atoms with Crippen molar-refractivity contribution in [1.82, 2.24) is 4.98 Å². The first-order valence-corrected chi connectivity index (χ1v) is 15.3. The van der Waals surface area contributed by atoms with Gasteiger partial charge in [-0.1, -0.05) is 85.2 Å². The van der Waals surface area contributed by atoms with Gasteiger partial charge in [-0.15, -0.1) is 0 Å². The standard InChI is InChI=1S/C37H53NO2/c1-24(2)16-29-12-11-13-36-33(29)14-15-37(38-36)34-21-28(9)20-30(17-25(3)4)35(34)23-40-32(19-27(7)8)22-31(39-10)18-26(5)6/h11-15,20-22,24-27,32H,16-19,23H2,1-10H3/b31-22-. The van der Waals surface area contributed by atoms with Crippen LogP contribution in [-0.4, -0.2) is 18.2 Å². The van der Waals surface area contributed by atoms with Gasteiger partial charge in [0.15, 0.2) is 0 Å². The Labute approximate surface area is 244 Å². The molecule has 0 spiro atoms. The first-order chi connectivity index (χ1) is 19.0. The van der Waals surface area contributed by atoms with E-state index < -0.39 is 0 Å². The molecule has 0 aliphatic rings. The summed E-state index contributed by atoms with van der Waals surface area (Å²) >= 11 is 0. The average molecular weight is 544 g/mol. The summed E-state index contributed by atoms with van der Waals surface area (Å²) in [5.74, 6) is 3.23. The number of hydrogen-bond acceptors (Lipinski definition) is 3. The largest absolute Gasteiger partial charge is 0.501 e. The number of allylic oxidation sites excluding steroid dienone is 1. The van der Waals surface area contributed by atoms with Crippen molar-refractivity contribution < 1.29 is 9.47 Å². The van der Waals surface area contributed by atoms with Crippen LogP contribution in [0, 0.1) is 30.6 Å². The molecule has 0 bridgehead atoms. The van der Waals surface area contributed by atoms with E-state index in [9.17, 15) is 0 Å². The van der Waals surface area contributed by atoms with E-state index in [2.05, 4.69) is 111 Å². The van der Waals surface area contributed by atoms with Crippen LogP contribution < -0.4 is 0 Å². The average Bonchev–Trinajstić information content (AvgIpc) is 2.85. The zero-order chi connectivity index (χ0) is 29.4. The van der Waals surface area contributed by atoms with Gasteiger partial charge in [-0.05, 0) is 90.8 Å². The Morgan fingerprint density at radius 1 is 0.825 bits per heavy atom. The SMILES string of the molecule is CO/C(=C\C(CC(C)C)OCc1c(CC(C)C)cc(C)cc1-c1ccc2c(CC(C)C)cccc2n1)CC(C)C. The number of hydrogen-bond donors (Lipinski definition) is 0. The van der Waals surface area contributed by atoms with Crippen molar-refractivity contribution in [3.63, 3.8) is 0 Å². The molecule has 0 aliphatic carbocycles. The first kappa shape index (κ1) is 31.9. The summed E-state index contributed by atoms with van der Waals surface area (Å²) in [5.41, 5.74) is 8.54. The molecule has 3 nitrogen and oxygen atoms in total. The molecule has 1 heterocycles. The molecule has 0 radical (unpaired) electrons. The Morgan fingerprint density at radius 2 is 1.52 bits per heavy atom. The van der Waals surface area contributed by atoms with Gasteiger partial charge < -0.3 is 9.47 Å². The van der Waals surface area contributed by atoms with E-state index in [4.69, 9.17) is 14.5 Å². The second-order valence-corrected chi connectivity index (χ2v) is 13.2. The van der Waals surface area contributed by atoms with E-state index in [1.165, 1.54) is 33.2 Å². The first-order valence-electron chi connectivity index (χ1n) is 15.3. The van der Waals surface area contributed by atoms with Crippen molar-refractivity contribution in [3.8, 4) is 11.3 Å². The summed E-state index contributed by atoms with van der Waals surface area (Å²) in [7, 11) is 1.78. The molecule has 0 fully saturated rings. The summed E-state index contributed by atoms with van der Waals surface area (Å²) in [6.07, 6.45) is 6.16. The van der Waals surface area contributed by atoms with Crippen LogP contribution in [0.3, 0.4) is 0 Å². The molecule has 218 valence electrons. The van der Waals surface area contributed by atoms with Gasteiger partial charge in [0.1, 0.15) is 0 Å². The minimum atomic E-state index is -0.00194. The lowest BCUT2D eigenvalue weighted by Crippen LogP contribution is -2.16. The van der Waals surface area contributed by atoms with Gasteiger partial charge in [0, 0.05) is 17.4 Å². The van der Waals surface area contributed by atoms with Crippen LogP contribution in [0.15, 0.2) is 54.3 Å². The Hall–Kier alpha value is -2.65. The van der Waals surface area contributed by atoms with E-state index in [0.29, 0.717) is 30.3 Å². The molecule has 3 heteroatoms. The van der Waals surface area contributed by atoms with Gasteiger partial charge >= 0.3 is 0 Å². The predicted octanol–water partition coefficient (Wildman–Crippen LogP) is 10.1. The molecule has 1 aromatic heterocycles. The van der Waals surface area contributed by atoms with Crippen LogP contribution >= 0.6 is 0 Å². The number of benzene rings is 2. The Balaban J connectivity index is 2.07. The van der Waals surface area contributed by atoms with Gasteiger partial charge in [-0.2, -0.15) is 0 Å². The molecule has 1 atom stereocenters. The molecule has 2 aromatic carbocycles. The number of fused-ring (bicyclic) bond motifs is 1. The lowest BCUT2D eigenvalue weighted by Gasteiger charge is -2.22. The zero-order valence-electron chi connectivity index (χ0n) is 26.8. The van der Waals surface area contributed by atoms with Gasteiger partial charge in [0.2, 0.25) is 0 Å². The van der Waals surface area contributed by atoms with E-state index in [0.717, 1.165) is 42.7 Å². The van der Waals surface area contributed by atoms with Crippen LogP contribution in [0.2, 0.25) is 0 Å². The van der Waals surface area contributed by atoms with Crippen LogP contribution in [0.4, 0.5) is 0 Å². The minimum absolute atomic E-state index is 0.00194. The normalized spacial score (nSPS) is 13.3. The second-order valence-electron chi connectivity index (χ2n) is 13.2. The van der Waals surface area contributed by atoms with Crippen LogP contribution in [0.5, 0.6) is 0 Å². The van der Waals surface area contributed by atoms with Crippen LogP contribution in [0.25, 0.3) is 22.2 Å². The van der Waals surface area contributed by atoms with Crippen molar-refractivity contribution in [3.05, 3.63) is 76.6 Å². The van der Waals surface area contributed by atoms with Gasteiger partial charge in [-0.25, -0.2) is 4.98 Å². The molecule has 0 N–H and O–H groups in total. The highest BCUT2D eigenvalue weighted by Gasteiger charge is 2.18. The van der Waals surface area contributed by atoms with Crippen LogP contribution in [-0.2, 0) is 28.9 Å². The number of pyridine rings is 1. The fourth-order valence-electron chi connectivity index (χ4n) is 5.57. The van der Waals surface area contributed by atoms with Gasteiger partial charge in [0.05, 0.1) is 36.8 Å². The Bertz CT molecular complexity index is 1270. The molecule has 0 aliphatic heterocycles. The molecular weight excluding hydrogens is 490 g/mol. The number of nitrogens with zero attached hydrogens (tertiary/aromatic N) is 1. The maximum Gasteiger partial charge on any atom is 0.0943 e. The fraction of sp³-hybridized carbons (Fsp3) is 0.541. The van der Waals surface area contributed by atoms with E-state index >= 15 is 0 Å². The molecule has 1 unspecified atom stereocenters. The van der Waals surface area contributed by atoms with Crippen molar-refractivity contribution in [2.45, 2.75) is 101 Å². The fourth-order valence-corrected chi connectivity index (χ4v) is 5.57. The lowest BCUT2D eigenvalue weighted by molar-refractivity contribution is 0.0549. The van der Waals surface area contributed by atoms with Crippen molar-refractivity contribution >= 4 is 10.9 Å². The maximum absolute atomic E-state index is 6.74. The monoisotopic (exact) mass is 543 g/mol. The summed E-state index contributed by atoms with van der Waals surface area (Å²) in [6.45, 7) is 20.8. The van der Waals surface area contributed by atoms with Crippen molar-refractivity contribution in [2.75, 3.05) is 7.11 Å². The maximum atomic E-state index is 6.74. The highest BCUT2D eigenvalue weighted by molar-refractivity contribution is 5.85. The molecule has 0 amide bonds. The molecule has 3 aromatic rings. The number of ether oxygens (including phenoxy) is 2.